The summed E-state index contributed by atoms with van der Waals surface area (Å²) in [6.07, 6.45) is 0.221. The molecule has 0 amide bonds. The quantitative estimate of drug-likeness (QED) is 0.852. The van der Waals surface area contributed by atoms with Crippen molar-refractivity contribution in [2.75, 3.05) is 20.2 Å². The highest BCUT2D eigenvalue weighted by Gasteiger charge is 2.35. The van der Waals surface area contributed by atoms with Crippen molar-refractivity contribution in [1.82, 2.24) is 5.32 Å². The maximum absolute atomic E-state index is 6.11. The number of benzene rings is 1. The maximum atomic E-state index is 6.11. The molecule has 2 rings (SSSR count). The van der Waals surface area contributed by atoms with Gasteiger partial charge in [-0.3, -0.25) is 0 Å². The summed E-state index contributed by atoms with van der Waals surface area (Å²) in [6.45, 7) is 8.02. The lowest BCUT2D eigenvalue weighted by Gasteiger charge is -2.39. The van der Waals surface area contributed by atoms with E-state index < -0.39 is 0 Å². The molecule has 2 atom stereocenters. The average molecular weight is 235 g/mol. The Bertz CT molecular complexity index is 405. The molecule has 0 bridgehead atoms. The summed E-state index contributed by atoms with van der Waals surface area (Å²) in [4.78, 5) is 0. The van der Waals surface area contributed by atoms with Crippen LogP contribution in [0.2, 0.25) is 0 Å². The molecular weight excluding hydrogens is 214 g/mol. The Labute approximate surface area is 103 Å². The van der Waals surface area contributed by atoms with E-state index in [-0.39, 0.29) is 11.7 Å². The molecule has 0 aliphatic carbocycles. The molecule has 3 nitrogen and oxygen atoms in total. The SMILES string of the molecule is COc1ccc(C)cc1C1(C)CNCC(C)O1. The Kier molecular flexibility index (Phi) is 3.40. The minimum absolute atomic E-state index is 0.221. The van der Waals surface area contributed by atoms with E-state index >= 15 is 0 Å². The number of hydrogen-bond donors (Lipinski definition) is 1. The summed E-state index contributed by atoms with van der Waals surface area (Å²) >= 11 is 0. The average Bonchev–Trinajstić information content (AvgIpc) is 2.28. The van der Waals surface area contributed by atoms with Gasteiger partial charge >= 0.3 is 0 Å². The van der Waals surface area contributed by atoms with Crippen LogP contribution in [0.3, 0.4) is 0 Å². The predicted octanol–water partition coefficient (Wildman–Crippen LogP) is 2.23. The van der Waals surface area contributed by atoms with Gasteiger partial charge in [-0.05, 0) is 32.9 Å². The molecule has 2 unspecified atom stereocenters. The highest BCUT2D eigenvalue weighted by atomic mass is 16.5. The molecule has 1 aromatic carbocycles. The van der Waals surface area contributed by atoms with Gasteiger partial charge in [0.1, 0.15) is 11.4 Å². The molecule has 1 N–H and O–H groups in total. The van der Waals surface area contributed by atoms with E-state index in [1.165, 1.54) is 5.56 Å². The van der Waals surface area contributed by atoms with Crippen LogP contribution in [0, 0.1) is 6.92 Å². The van der Waals surface area contributed by atoms with Crippen LogP contribution < -0.4 is 10.1 Å². The van der Waals surface area contributed by atoms with Gasteiger partial charge in [0, 0.05) is 18.7 Å². The summed E-state index contributed by atoms with van der Waals surface area (Å²) in [5.74, 6) is 0.897. The summed E-state index contributed by atoms with van der Waals surface area (Å²) in [7, 11) is 1.71. The smallest absolute Gasteiger partial charge is 0.125 e. The zero-order valence-corrected chi connectivity index (χ0v) is 11.0. The third-order valence-electron chi connectivity index (χ3n) is 3.28. The summed E-state index contributed by atoms with van der Waals surface area (Å²) in [6, 6.07) is 6.22. The van der Waals surface area contributed by atoms with Crippen molar-refractivity contribution in [2.24, 2.45) is 0 Å². The Morgan fingerprint density at radius 2 is 2.24 bits per heavy atom. The molecule has 1 aliphatic heterocycles. The first kappa shape index (κ1) is 12.4. The first-order chi connectivity index (χ1) is 8.05. The molecule has 1 heterocycles. The Balaban J connectivity index is 2.40. The van der Waals surface area contributed by atoms with Crippen molar-refractivity contribution >= 4 is 0 Å². The lowest BCUT2D eigenvalue weighted by molar-refractivity contribution is -0.103. The van der Waals surface area contributed by atoms with Gasteiger partial charge in [-0.1, -0.05) is 11.6 Å². The maximum Gasteiger partial charge on any atom is 0.125 e. The minimum atomic E-state index is -0.310. The van der Waals surface area contributed by atoms with Crippen LogP contribution >= 0.6 is 0 Å². The van der Waals surface area contributed by atoms with Crippen LogP contribution in [0.4, 0.5) is 0 Å². The lowest BCUT2D eigenvalue weighted by Crippen LogP contribution is -2.49. The zero-order chi connectivity index (χ0) is 12.5. The topological polar surface area (TPSA) is 30.5 Å². The highest BCUT2D eigenvalue weighted by Crippen LogP contribution is 2.35. The van der Waals surface area contributed by atoms with Crippen LogP contribution in [0.15, 0.2) is 18.2 Å². The summed E-state index contributed by atoms with van der Waals surface area (Å²) in [5, 5.41) is 3.41. The van der Waals surface area contributed by atoms with Crippen molar-refractivity contribution in [3.63, 3.8) is 0 Å². The van der Waals surface area contributed by atoms with E-state index in [1.807, 2.05) is 6.07 Å². The standard InChI is InChI=1S/C14H21NO2/c1-10-5-6-13(16-4)12(7-10)14(3)9-15-8-11(2)17-14/h5-7,11,15H,8-9H2,1-4H3. The van der Waals surface area contributed by atoms with E-state index in [9.17, 15) is 0 Å². The molecule has 1 aliphatic rings. The molecule has 17 heavy (non-hydrogen) atoms. The van der Waals surface area contributed by atoms with E-state index in [4.69, 9.17) is 9.47 Å². The van der Waals surface area contributed by atoms with Gasteiger partial charge in [0.05, 0.1) is 13.2 Å². The first-order valence-electron chi connectivity index (χ1n) is 6.09. The Hall–Kier alpha value is -1.06. The Morgan fingerprint density at radius 3 is 2.88 bits per heavy atom. The van der Waals surface area contributed by atoms with E-state index in [0.29, 0.717) is 0 Å². The molecule has 0 radical (unpaired) electrons. The van der Waals surface area contributed by atoms with Crippen LogP contribution in [0.5, 0.6) is 5.75 Å². The normalized spacial score (nSPS) is 29.1. The van der Waals surface area contributed by atoms with Crippen molar-refractivity contribution in [2.45, 2.75) is 32.5 Å². The second-order valence-electron chi connectivity index (χ2n) is 4.99. The number of aryl methyl sites for hydroxylation is 1. The minimum Gasteiger partial charge on any atom is -0.496 e. The van der Waals surface area contributed by atoms with Gasteiger partial charge in [0.15, 0.2) is 0 Å². The van der Waals surface area contributed by atoms with Crippen LogP contribution in [-0.2, 0) is 10.3 Å². The van der Waals surface area contributed by atoms with Crippen molar-refractivity contribution < 1.29 is 9.47 Å². The van der Waals surface area contributed by atoms with Crippen molar-refractivity contribution in [3.05, 3.63) is 29.3 Å². The molecular formula is C14H21NO2. The van der Waals surface area contributed by atoms with Crippen molar-refractivity contribution in [1.29, 1.82) is 0 Å². The molecule has 0 aromatic heterocycles. The van der Waals surface area contributed by atoms with Gasteiger partial charge in [-0.2, -0.15) is 0 Å². The molecule has 1 saturated heterocycles. The fraction of sp³-hybridized carbons (Fsp3) is 0.571. The third-order valence-corrected chi connectivity index (χ3v) is 3.28. The van der Waals surface area contributed by atoms with E-state index in [2.05, 4.69) is 38.2 Å². The van der Waals surface area contributed by atoms with Crippen molar-refractivity contribution in [3.8, 4) is 5.75 Å². The van der Waals surface area contributed by atoms with E-state index in [1.54, 1.807) is 7.11 Å². The second-order valence-corrected chi connectivity index (χ2v) is 4.99. The van der Waals surface area contributed by atoms with Crippen LogP contribution in [0.1, 0.15) is 25.0 Å². The predicted molar refractivity (Wildman–Crippen MR) is 68.5 cm³/mol. The number of hydrogen-bond acceptors (Lipinski definition) is 3. The zero-order valence-electron chi connectivity index (χ0n) is 11.0. The van der Waals surface area contributed by atoms with Gasteiger partial charge in [-0.25, -0.2) is 0 Å². The number of nitrogens with one attached hydrogen (secondary N) is 1. The third kappa shape index (κ3) is 2.45. The summed E-state index contributed by atoms with van der Waals surface area (Å²) < 4.78 is 11.6. The fourth-order valence-corrected chi connectivity index (χ4v) is 2.44. The fourth-order valence-electron chi connectivity index (χ4n) is 2.44. The largest absolute Gasteiger partial charge is 0.496 e. The number of methoxy groups -OCH3 is 1. The highest BCUT2D eigenvalue weighted by molar-refractivity contribution is 5.41. The van der Waals surface area contributed by atoms with Gasteiger partial charge in [-0.15, -0.1) is 0 Å². The first-order valence-corrected chi connectivity index (χ1v) is 6.09. The molecule has 0 spiro atoms. The molecule has 94 valence electrons. The Morgan fingerprint density at radius 1 is 1.47 bits per heavy atom. The van der Waals surface area contributed by atoms with E-state index in [0.717, 1.165) is 24.4 Å². The van der Waals surface area contributed by atoms with Gasteiger partial charge in [0.2, 0.25) is 0 Å². The summed E-state index contributed by atoms with van der Waals surface area (Å²) in [5.41, 5.74) is 2.04. The lowest BCUT2D eigenvalue weighted by atomic mass is 9.91. The van der Waals surface area contributed by atoms with Gasteiger partial charge < -0.3 is 14.8 Å². The van der Waals surface area contributed by atoms with Crippen LogP contribution in [-0.4, -0.2) is 26.3 Å². The molecule has 1 aromatic rings. The monoisotopic (exact) mass is 235 g/mol. The molecule has 0 saturated carbocycles. The van der Waals surface area contributed by atoms with Gasteiger partial charge in [0.25, 0.3) is 0 Å². The molecule has 1 fully saturated rings. The second kappa shape index (κ2) is 4.67. The number of ether oxygens (including phenoxy) is 2. The molecule has 3 heteroatoms. The number of rotatable bonds is 2. The van der Waals surface area contributed by atoms with Crippen LogP contribution in [0.25, 0.3) is 0 Å². The number of morpholine rings is 1.